The Hall–Kier alpha value is -2.92. The number of sulfonamides is 1. The van der Waals surface area contributed by atoms with E-state index in [1.807, 2.05) is 12.1 Å². The Labute approximate surface area is 223 Å². The van der Waals surface area contributed by atoms with E-state index in [9.17, 15) is 21.6 Å². The zero-order valence-electron chi connectivity index (χ0n) is 21.6. The molecule has 2 fully saturated rings. The summed E-state index contributed by atoms with van der Waals surface area (Å²) in [6.45, 7) is 0.0934. The number of carbonyl (C=O) groups is 1. The lowest BCUT2D eigenvalue weighted by atomic mass is 10.0. The molecule has 2 N–H and O–H groups in total. The van der Waals surface area contributed by atoms with Gasteiger partial charge in [-0.05, 0) is 73.1 Å². The number of nitrogens with two attached hydrogens (primary N) is 1. The minimum Gasteiger partial charge on any atom is -0.441 e. The maximum absolute atomic E-state index is 12.8. The average molecular weight is 560 g/mol. The van der Waals surface area contributed by atoms with E-state index in [4.69, 9.17) is 10.2 Å². The van der Waals surface area contributed by atoms with Gasteiger partial charge in [0.05, 0.1) is 17.2 Å². The monoisotopic (exact) mass is 559 g/mol. The molecule has 5 rings (SSSR count). The van der Waals surface area contributed by atoms with Gasteiger partial charge in [0.1, 0.15) is 21.4 Å². The zero-order valence-corrected chi connectivity index (χ0v) is 23.3. The summed E-state index contributed by atoms with van der Waals surface area (Å²) in [6.07, 6.45) is 7.52. The minimum atomic E-state index is -3.72. The highest BCUT2D eigenvalue weighted by Gasteiger charge is 2.34. The first-order valence-corrected chi connectivity index (χ1v) is 16.8. The van der Waals surface area contributed by atoms with Crippen molar-refractivity contribution < 1.29 is 26.0 Å². The van der Waals surface area contributed by atoms with Gasteiger partial charge >= 0.3 is 0 Å². The van der Waals surface area contributed by atoms with Crippen LogP contribution >= 0.6 is 0 Å². The number of carbonyl (C=O) groups excluding carboxylic acids is 1. The summed E-state index contributed by atoms with van der Waals surface area (Å²) < 4.78 is 56.0. The van der Waals surface area contributed by atoms with E-state index in [1.54, 1.807) is 6.07 Å². The molecule has 1 aromatic carbocycles. The third-order valence-corrected chi connectivity index (χ3v) is 9.37. The summed E-state index contributed by atoms with van der Waals surface area (Å²) in [4.78, 5) is 17.2. The van der Waals surface area contributed by atoms with Crippen LogP contribution in [0, 0.1) is 0 Å². The van der Waals surface area contributed by atoms with Crippen LogP contribution in [0.3, 0.4) is 0 Å². The van der Waals surface area contributed by atoms with E-state index in [1.165, 1.54) is 22.7 Å². The summed E-state index contributed by atoms with van der Waals surface area (Å²) in [5, 5.41) is 0.485. The van der Waals surface area contributed by atoms with Crippen LogP contribution in [-0.2, 0) is 26.3 Å². The number of furan rings is 1. The molecule has 2 heterocycles. The maximum atomic E-state index is 12.8. The minimum absolute atomic E-state index is 0.0162. The Morgan fingerprint density at radius 1 is 1.03 bits per heavy atom. The summed E-state index contributed by atoms with van der Waals surface area (Å²) >= 11 is 0. The second-order valence-corrected chi connectivity index (χ2v) is 14.8. The molecular formula is C27H33N3O6S2. The van der Waals surface area contributed by atoms with E-state index >= 15 is 0 Å². The van der Waals surface area contributed by atoms with Crippen molar-refractivity contribution in [1.29, 1.82) is 0 Å². The smallest absolute Gasteiger partial charge is 0.252 e. The molecule has 1 amide bonds. The largest absolute Gasteiger partial charge is 0.441 e. The predicted octanol–water partition coefficient (Wildman–Crippen LogP) is 3.86. The van der Waals surface area contributed by atoms with E-state index in [0.717, 1.165) is 36.5 Å². The zero-order chi connectivity index (χ0) is 27.2. The second-order valence-electron chi connectivity index (χ2n) is 10.7. The van der Waals surface area contributed by atoms with E-state index in [0.29, 0.717) is 36.3 Å². The van der Waals surface area contributed by atoms with Gasteiger partial charge in [0.25, 0.3) is 5.91 Å². The van der Waals surface area contributed by atoms with Crippen molar-refractivity contribution >= 4 is 42.7 Å². The van der Waals surface area contributed by atoms with Gasteiger partial charge in [-0.2, -0.15) is 4.98 Å². The van der Waals surface area contributed by atoms with Crippen LogP contribution in [0.25, 0.3) is 11.1 Å². The van der Waals surface area contributed by atoms with Crippen molar-refractivity contribution in [1.82, 2.24) is 4.98 Å². The van der Waals surface area contributed by atoms with Crippen LogP contribution in [0.5, 0.6) is 0 Å². The summed E-state index contributed by atoms with van der Waals surface area (Å²) in [6, 6.07) is 10.1. The highest BCUT2D eigenvalue weighted by molar-refractivity contribution is 7.92. The third kappa shape index (κ3) is 6.04. The van der Waals surface area contributed by atoms with E-state index < -0.39 is 25.8 Å². The molecule has 0 bridgehead atoms. The highest BCUT2D eigenvalue weighted by atomic mass is 32.2. The molecule has 0 saturated heterocycles. The number of pyridine rings is 1. The molecule has 2 saturated carbocycles. The lowest BCUT2D eigenvalue weighted by Gasteiger charge is -2.23. The van der Waals surface area contributed by atoms with Gasteiger partial charge in [0, 0.05) is 25.0 Å². The number of aromatic nitrogens is 1. The Kier molecular flexibility index (Phi) is 7.02. The molecule has 0 radical (unpaired) electrons. The number of anilines is 1. The molecule has 9 nitrogen and oxygen atoms in total. The summed E-state index contributed by atoms with van der Waals surface area (Å²) in [7, 11) is -6.86. The Morgan fingerprint density at radius 2 is 1.68 bits per heavy atom. The molecule has 2 aromatic heterocycles. The number of sulfone groups is 1. The van der Waals surface area contributed by atoms with Crippen molar-refractivity contribution in [3.8, 4) is 0 Å². The van der Waals surface area contributed by atoms with Gasteiger partial charge < -0.3 is 10.2 Å². The SMILES string of the molecule is CS(=O)(=O)CCCCN(c1nc2oc(Cc3ccc(C4CC4)cc3)c(C(N)=O)c2cc1C1CC1)S(C)(=O)=O. The Balaban J connectivity index is 1.52. The number of amides is 1. The van der Waals surface area contributed by atoms with Crippen LogP contribution in [0.2, 0.25) is 0 Å². The molecule has 11 heteroatoms. The quantitative estimate of drug-likeness (QED) is 0.332. The number of hydrogen-bond acceptors (Lipinski definition) is 7. The lowest BCUT2D eigenvalue weighted by Crippen LogP contribution is -2.32. The van der Waals surface area contributed by atoms with Crippen molar-refractivity contribution in [3.05, 3.63) is 58.3 Å². The lowest BCUT2D eigenvalue weighted by molar-refractivity contribution is 0.1000. The molecule has 0 aliphatic heterocycles. The van der Waals surface area contributed by atoms with Crippen LogP contribution < -0.4 is 10.0 Å². The first-order valence-electron chi connectivity index (χ1n) is 12.9. The third-order valence-electron chi connectivity index (χ3n) is 7.18. The normalized spacial score (nSPS) is 16.2. The predicted molar refractivity (Wildman–Crippen MR) is 147 cm³/mol. The van der Waals surface area contributed by atoms with Crippen LogP contribution in [0.15, 0.2) is 34.7 Å². The Morgan fingerprint density at radius 3 is 2.24 bits per heavy atom. The summed E-state index contributed by atoms with van der Waals surface area (Å²) in [5.41, 5.74) is 9.24. The molecule has 0 atom stereocenters. The van der Waals surface area contributed by atoms with Crippen LogP contribution in [-0.4, -0.2) is 52.5 Å². The van der Waals surface area contributed by atoms with Gasteiger partial charge in [0.2, 0.25) is 15.7 Å². The summed E-state index contributed by atoms with van der Waals surface area (Å²) in [5.74, 6) is 0.798. The van der Waals surface area contributed by atoms with Crippen LogP contribution in [0.4, 0.5) is 5.82 Å². The average Bonchev–Trinajstić information content (AvgIpc) is 3.73. The van der Waals surface area contributed by atoms with Crippen molar-refractivity contribution in [2.75, 3.05) is 29.1 Å². The Bertz CT molecular complexity index is 1590. The number of hydrogen-bond donors (Lipinski definition) is 1. The van der Waals surface area contributed by atoms with Crippen LogP contribution in [0.1, 0.15) is 83.2 Å². The van der Waals surface area contributed by atoms with Gasteiger partial charge in [-0.25, -0.2) is 16.8 Å². The second kappa shape index (κ2) is 10.00. The van der Waals surface area contributed by atoms with E-state index in [2.05, 4.69) is 17.1 Å². The van der Waals surface area contributed by atoms with Gasteiger partial charge in [-0.1, -0.05) is 24.3 Å². The van der Waals surface area contributed by atoms with E-state index in [-0.39, 0.29) is 35.3 Å². The first-order chi connectivity index (χ1) is 17.9. The molecular weight excluding hydrogens is 526 g/mol. The molecule has 2 aliphatic carbocycles. The fourth-order valence-corrected chi connectivity index (χ4v) is 6.57. The van der Waals surface area contributed by atoms with Crippen molar-refractivity contribution in [2.24, 2.45) is 5.73 Å². The maximum Gasteiger partial charge on any atom is 0.252 e. The molecule has 2 aliphatic rings. The number of fused-ring (bicyclic) bond motifs is 1. The van der Waals surface area contributed by atoms with Gasteiger partial charge in [-0.3, -0.25) is 9.10 Å². The fraction of sp³-hybridized carbons (Fsp3) is 0.481. The first kappa shape index (κ1) is 26.7. The highest BCUT2D eigenvalue weighted by Crippen LogP contribution is 2.46. The van der Waals surface area contributed by atoms with Gasteiger partial charge in [0.15, 0.2) is 0 Å². The number of benzene rings is 1. The number of primary amides is 1. The number of nitrogens with zero attached hydrogens (tertiary/aromatic N) is 2. The van der Waals surface area contributed by atoms with Crippen molar-refractivity contribution in [3.63, 3.8) is 0 Å². The molecule has 3 aromatic rings. The van der Waals surface area contributed by atoms with Crippen molar-refractivity contribution in [2.45, 2.75) is 56.8 Å². The molecule has 0 spiro atoms. The topological polar surface area (TPSA) is 141 Å². The number of unbranched alkanes of at least 4 members (excludes halogenated alkanes) is 1. The molecule has 204 valence electrons. The number of rotatable bonds is 12. The molecule has 38 heavy (non-hydrogen) atoms. The standard InChI is InChI=1S/C27H33N3O6S2/c1-37(32,33)14-4-3-13-30(38(2,34)35)26-21(20-11-12-20)16-22-24(25(28)31)23(36-27(22)29-26)15-17-5-7-18(8-6-17)19-9-10-19/h5-8,16,19-20H,3-4,9-15H2,1-2H3,(H2,28,31). The van der Waals surface area contributed by atoms with Gasteiger partial charge in [-0.15, -0.1) is 0 Å². The molecule has 0 unspecified atom stereocenters. The fourth-order valence-electron chi connectivity index (χ4n) is 4.92.